The van der Waals surface area contributed by atoms with Crippen LogP contribution in [0.4, 0.5) is 5.82 Å². The van der Waals surface area contributed by atoms with E-state index in [-0.39, 0.29) is 29.4 Å². The van der Waals surface area contributed by atoms with Gasteiger partial charge in [0.15, 0.2) is 0 Å². The zero-order valence-electron chi connectivity index (χ0n) is 21.1. The molecule has 1 aliphatic heterocycles. The number of rotatable bonds is 4. The van der Waals surface area contributed by atoms with Crippen LogP contribution < -0.4 is 10.6 Å². The van der Waals surface area contributed by atoms with Gasteiger partial charge in [-0.05, 0) is 38.1 Å². The van der Waals surface area contributed by atoms with Crippen LogP contribution in [0, 0.1) is 11.8 Å². The van der Waals surface area contributed by atoms with E-state index in [0.717, 1.165) is 25.0 Å². The van der Waals surface area contributed by atoms with Crippen molar-refractivity contribution in [2.24, 2.45) is 11.8 Å². The number of pyridine rings is 1. The van der Waals surface area contributed by atoms with Crippen LogP contribution in [0.3, 0.4) is 0 Å². The number of benzene rings is 1. The van der Waals surface area contributed by atoms with Crippen molar-refractivity contribution in [1.82, 2.24) is 19.4 Å². The van der Waals surface area contributed by atoms with Gasteiger partial charge in [-0.1, -0.05) is 61.9 Å². The second kappa shape index (κ2) is 9.71. The Morgan fingerprint density at radius 2 is 1.86 bits per heavy atom. The number of para-hydroxylation sites is 1. The Hall–Kier alpha value is -3.16. The van der Waals surface area contributed by atoms with Crippen LogP contribution in [-0.2, 0) is 0 Å². The lowest BCUT2D eigenvalue weighted by atomic mass is 9.85. The Bertz CT molecular complexity index is 1410. The molecule has 0 radical (unpaired) electrons. The van der Waals surface area contributed by atoms with E-state index in [0.29, 0.717) is 33.7 Å². The van der Waals surface area contributed by atoms with Crippen LogP contribution in [-0.4, -0.2) is 57.3 Å². The molecule has 0 spiro atoms. The zero-order valence-corrected chi connectivity index (χ0v) is 21.9. The van der Waals surface area contributed by atoms with Crippen molar-refractivity contribution in [2.75, 3.05) is 31.6 Å². The van der Waals surface area contributed by atoms with E-state index >= 15 is 0 Å². The van der Waals surface area contributed by atoms with E-state index in [1.165, 1.54) is 0 Å². The number of anilines is 1. The number of piperazine rings is 1. The molecule has 0 amide bonds. The number of nitrogens with zero attached hydrogens (tertiary/aromatic N) is 5. The van der Waals surface area contributed by atoms with Gasteiger partial charge in [0, 0.05) is 37.2 Å². The number of hydrogen-bond donors (Lipinski definition) is 1. The van der Waals surface area contributed by atoms with E-state index in [9.17, 15) is 9.90 Å². The number of likely N-dealkylation sites (N-methyl/N-ethyl adjacent to an activating group) is 1. The molecule has 1 fully saturated rings. The summed E-state index contributed by atoms with van der Waals surface area (Å²) < 4.78 is 1.70. The molecular weight excluding hydrogens is 474 g/mol. The van der Waals surface area contributed by atoms with Crippen molar-refractivity contribution in [3.8, 4) is 17.0 Å². The summed E-state index contributed by atoms with van der Waals surface area (Å²) in [4.78, 5) is 27.8. The van der Waals surface area contributed by atoms with Crippen LogP contribution in [0.2, 0.25) is 5.02 Å². The molecule has 3 heterocycles. The molecule has 3 unspecified atom stereocenters. The summed E-state index contributed by atoms with van der Waals surface area (Å²) in [6.45, 7) is 8.94. The minimum absolute atomic E-state index is 0.0858. The van der Waals surface area contributed by atoms with E-state index in [1.54, 1.807) is 22.8 Å². The van der Waals surface area contributed by atoms with Crippen LogP contribution in [0.5, 0.6) is 5.75 Å². The second-order valence-electron chi connectivity index (χ2n) is 10.2. The standard InChI is InChI=1S/C28H32ClN5O2/c1-17(2)19-9-5-7-11-23(19)34-27-21(15-22(29)25(30-27)20-10-6-8-12-24(20)35)26(31-28(34)36)33-14-13-32(4)16-18(33)3/h5-12,15,17-19,23,35H,13-14,16H2,1-4H3. The Labute approximate surface area is 216 Å². The van der Waals surface area contributed by atoms with Crippen molar-refractivity contribution >= 4 is 28.5 Å². The average Bonchev–Trinajstić information content (AvgIpc) is 2.84. The first-order valence-corrected chi connectivity index (χ1v) is 12.9. The molecular formula is C28H32ClN5O2. The maximum Gasteiger partial charge on any atom is 0.351 e. The molecule has 188 valence electrons. The van der Waals surface area contributed by atoms with Gasteiger partial charge in [-0.3, -0.25) is 4.57 Å². The van der Waals surface area contributed by atoms with E-state index in [4.69, 9.17) is 16.6 Å². The minimum Gasteiger partial charge on any atom is -0.507 e. The fraction of sp³-hybridized carbons (Fsp3) is 0.393. The smallest absolute Gasteiger partial charge is 0.351 e. The van der Waals surface area contributed by atoms with Gasteiger partial charge in [0.1, 0.15) is 17.2 Å². The van der Waals surface area contributed by atoms with Gasteiger partial charge in [0.05, 0.1) is 22.1 Å². The lowest BCUT2D eigenvalue weighted by molar-refractivity contribution is 0.274. The fourth-order valence-corrected chi connectivity index (χ4v) is 5.67. The summed E-state index contributed by atoms with van der Waals surface area (Å²) in [6, 6.07) is 8.77. The lowest BCUT2D eigenvalue weighted by Gasteiger charge is -2.39. The summed E-state index contributed by atoms with van der Waals surface area (Å²) in [5, 5.41) is 11.7. The second-order valence-corrected chi connectivity index (χ2v) is 10.6. The Morgan fingerprint density at radius 1 is 1.11 bits per heavy atom. The molecule has 1 N–H and O–H groups in total. The predicted molar refractivity (Wildman–Crippen MR) is 146 cm³/mol. The van der Waals surface area contributed by atoms with Gasteiger partial charge in [-0.15, -0.1) is 0 Å². The number of fused-ring (bicyclic) bond motifs is 1. The first kappa shape index (κ1) is 24.5. The molecule has 1 aliphatic carbocycles. The highest BCUT2D eigenvalue weighted by atomic mass is 35.5. The molecule has 8 heteroatoms. The number of halogens is 1. The maximum absolute atomic E-state index is 13.8. The van der Waals surface area contributed by atoms with Crippen molar-refractivity contribution < 1.29 is 5.11 Å². The number of phenols is 1. The van der Waals surface area contributed by atoms with E-state index < -0.39 is 0 Å². The quantitative estimate of drug-likeness (QED) is 0.543. The molecule has 0 saturated carbocycles. The number of phenolic OH excluding ortho intramolecular Hbond substituents is 1. The molecule has 36 heavy (non-hydrogen) atoms. The van der Waals surface area contributed by atoms with Crippen LogP contribution >= 0.6 is 11.6 Å². The highest BCUT2D eigenvalue weighted by Gasteiger charge is 2.31. The highest BCUT2D eigenvalue weighted by Crippen LogP contribution is 2.39. The highest BCUT2D eigenvalue weighted by molar-refractivity contribution is 6.34. The van der Waals surface area contributed by atoms with E-state index in [2.05, 4.69) is 48.7 Å². The van der Waals surface area contributed by atoms with Crippen molar-refractivity contribution in [2.45, 2.75) is 32.9 Å². The SMILES string of the molecule is CC(C)C1C=CC=CC1n1c(=O)nc(N2CCN(C)CC2C)c2cc(Cl)c(-c3ccccc3O)nc21. The molecule has 7 nitrogen and oxygen atoms in total. The molecule has 5 rings (SSSR count). The number of hydrogen-bond acceptors (Lipinski definition) is 6. The Morgan fingerprint density at radius 3 is 2.58 bits per heavy atom. The summed E-state index contributed by atoms with van der Waals surface area (Å²) in [5.41, 5.74) is 1.15. The predicted octanol–water partition coefficient (Wildman–Crippen LogP) is 4.90. The lowest BCUT2D eigenvalue weighted by Crippen LogP contribution is -2.51. The van der Waals surface area contributed by atoms with Gasteiger partial charge in [0.25, 0.3) is 0 Å². The monoisotopic (exact) mass is 505 g/mol. The summed E-state index contributed by atoms with van der Waals surface area (Å²) in [7, 11) is 2.10. The molecule has 3 atom stereocenters. The molecule has 2 aromatic heterocycles. The van der Waals surface area contributed by atoms with Gasteiger partial charge < -0.3 is 14.9 Å². The van der Waals surface area contributed by atoms with Gasteiger partial charge in [-0.25, -0.2) is 9.78 Å². The zero-order chi connectivity index (χ0) is 25.6. The van der Waals surface area contributed by atoms with Crippen molar-refractivity contribution in [1.29, 1.82) is 0 Å². The molecule has 1 saturated heterocycles. The molecule has 3 aromatic rings. The van der Waals surface area contributed by atoms with Crippen LogP contribution in [0.25, 0.3) is 22.3 Å². The molecule has 1 aromatic carbocycles. The first-order valence-electron chi connectivity index (χ1n) is 12.5. The topological polar surface area (TPSA) is 74.5 Å². The third kappa shape index (κ3) is 4.31. The Balaban J connectivity index is 1.80. The normalized spacial score (nSPS) is 22.6. The van der Waals surface area contributed by atoms with Crippen LogP contribution in [0.15, 0.2) is 59.4 Å². The maximum atomic E-state index is 13.8. The first-order chi connectivity index (χ1) is 17.3. The minimum atomic E-state index is -0.336. The summed E-state index contributed by atoms with van der Waals surface area (Å²) >= 11 is 6.80. The van der Waals surface area contributed by atoms with Gasteiger partial charge in [-0.2, -0.15) is 4.98 Å². The number of allylic oxidation sites excluding steroid dienone is 4. The van der Waals surface area contributed by atoms with Crippen molar-refractivity contribution in [3.05, 3.63) is 70.1 Å². The third-order valence-electron chi connectivity index (χ3n) is 7.31. The fourth-order valence-electron chi connectivity index (χ4n) is 5.41. The largest absolute Gasteiger partial charge is 0.507 e. The van der Waals surface area contributed by atoms with Gasteiger partial charge >= 0.3 is 5.69 Å². The Kier molecular flexibility index (Phi) is 6.62. The third-order valence-corrected chi connectivity index (χ3v) is 7.60. The van der Waals surface area contributed by atoms with Gasteiger partial charge in [0.2, 0.25) is 0 Å². The average molecular weight is 506 g/mol. The van der Waals surface area contributed by atoms with E-state index in [1.807, 2.05) is 30.4 Å². The van der Waals surface area contributed by atoms with Crippen LogP contribution in [0.1, 0.15) is 26.8 Å². The number of aromatic nitrogens is 3. The summed E-state index contributed by atoms with van der Waals surface area (Å²) in [5.74, 6) is 1.11. The molecule has 0 bridgehead atoms. The molecule has 2 aliphatic rings. The summed E-state index contributed by atoms with van der Waals surface area (Å²) in [6.07, 6.45) is 8.18. The number of aromatic hydroxyl groups is 1. The van der Waals surface area contributed by atoms with Crippen molar-refractivity contribution in [3.63, 3.8) is 0 Å².